The van der Waals surface area contributed by atoms with Crippen LogP contribution in [0.3, 0.4) is 0 Å². The standard InChI is InChI=1S/C27H23N5O2.C21H18ClN5O/c33-26(29-14-7-16-32-17-15-28-19-32)21-12-13-23-24(18-21)30-25(20-8-3-1-4-9-20)27(31-23)34-22-10-5-2-6-11-22;22-20-19(15-5-2-1-3-6-15)25-18-13-16(7-8-17(18)26-20)21(28)24-9-4-11-27-12-10-23-14-27/h1-6,8-13,15,17-19H,7,14,16H2,(H,29,33);1-3,5-8,10,12-14H,4,9,11H2,(H,24,28). The van der Waals surface area contributed by atoms with Crippen molar-refractivity contribution in [1.29, 1.82) is 0 Å². The van der Waals surface area contributed by atoms with Crippen LogP contribution in [0.5, 0.6) is 11.6 Å². The van der Waals surface area contributed by atoms with Gasteiger partial charge in [-0.1, -0.05) is 90.5 Å². The Morgan fingerprint density at radius 1 is 0.548 bits per heavy atom. The first-order valence-corrected chi connectivity index (χ1v) is 20.5. The predicted octanol–water partition coefficient (Wildman–Crippen LogP) is 9.07. The highest BCUT2D eigenvalue weighted by molar-refractivity contribution is 6.32. The smallest absolute Gasteiger partial charge is 0.251 e. The first-order chi connectivity index (χ1) is 30.5. The first-order valence-electron chi connectivity index (χ1n) is 20.1. The average molecular weight is 841 g/mol. The molecule has 0 saturated heterocycles. The molecule has 4 heterocycles. The minimum Gasteiger partial charge on any atom is -0.437 e. The monoisotopic (exact) mass is 840 g/mol. The Hall–Kier alpha value is -7.77. The second-order valence-electron chi connectivity index (χ2n) is 14.1. The zero-order valence-electron chi connectivity index (χ0n) is 33.5. The minimum atomic E-state index is -0.139. The summed E-state index contributed by atoms with van der Waals surface area (Å²) in [7, 11) is 0. The lowest BCUT2D eigenvalue weighted by Gasteiger charge is -2.12. The maximum absolute atomic E-state index is 12.7. The number of hydrogen-bond acceptors (Lipinski definition) is 9. The maximum atomic E-state index is 12.7. The summed E-state index contributed by atoms with van der Waals surface area (Å²) in [4.78, 5) is 51.8. The number of carbonyl (C=O) groups excluding carboxylic acids is 2. The van der Waals surface area contributed by atoms with Crippen molar-refractivity contribution in [2.45, 2.75) is 25.9 Å². The van der Waals surface area contributed by atoms with Gasteiger partial charge in [-0.25, -0.2) is 29.9 Å². The number of aryl methyl sites for hydroxylation is 2. The summed E-state index contributed by atoms with van der Waals surface area (Å²) in [5, 5.41) is 6.25. The lowest BCUT2D eigenvalue weighted by atomic mass is 10.1. The van der Waals surface area contributed by atoms with Crippen LogP contribution in [0.4, 0.5) is 0 Å². The molecule has 0 bridgehead atoms. The van der Waals surface area contributed by atoms with E-state index in [0.717, 1.165) is 37.1 Å². The molecular weight excluding hydrogens is 800 g/mol. The number of hydrogen-bond donors (Lipinski definition) is 2. The molecule has 4 aromatic heterocycles. The van der Waals surface area contributed by atoms with Gasteiger partial charge in [0.15, 0.2) is 5.15 Å². The van der Waals surface area contributed by atoms with Crippen LogP contribution >= 0.6 is 11.6 Å². The van der Waals surface area contributed by atoms with Crippen LogP contribution in [0.2, 0.25) is 5.15 Å². The van der Waals surface area contributed by atoms with Crippen molar-refractivity contribution in [1.82, 2.24) is 49.7 Å². The summed E-state index contributed by atoms with van der Waals surface area (Å²) < 4.78 is 10.0. The van der Waals surface area contributed by atoms with E-state index in [9.17, 15) is 9.59 Å². The maximum Gasteiger partial charge on any atom is 0.251 e. The highest BCUT2D eigenvalue weighted by atomic mass is 35.5. The molecule has 0 aliphatic heterocycles. The van der Waals surface area contributed by atoms with Crippen LogP contribution in [-0.4, -0.2) is 63.9 Å². The van der Waals surface area contributed by atoms with Crippen molar-refractivity contribution < 1.29 is 14.3 Å². The molecule has 0 atom stereocenters. The van der Waals surface area contributed by atoms with Gasteiger partial charge in [0.2, 0.25) is 5.88 Å². The molecule has 62 heavy (non-hydrogen) atoms. The summed E-state index contributed by atoms with van der Waals surface area (Å²) in [6.45, 7) is 2.76. The van der Waals surface area contributed by atoms with Crippen LogP contribution in [-0.2, 0) is 13.1 Å². The van der Waals surface area contributed by atoms with Gasteiger partial charge in [0.25, 0.3) is 11.8 Å². The Kier molecular flexibility index (Phi) is 13.2. The molecule has 0 unspecified atom stereocenters. The summed E-state index contributed by atoms with van der Waals surface area (Å²) in [6.07, 6.45) is 12.5. The van der Waals surface area contributed by atoms with Crippen LogP contribution in [0.25, 0.3) is 44.6 Å². The average Bonchev–Trinajstić information content (AvgIpc) is 4.05. The normalized spacial score (nSPS) is 10.9. The van der Waals surface area contributed by atoms with Crippen LogP contribution in [0.1, 0.15) is 33.6 Å². The van der Waals surface area contributed by atoms with Gasteiger partial charge in [0.1, 0.15) is 17.1 Å². The van der Waals surface area contributed by atoms with Gasteiger partial charge in [-0.2, -0.15) is 0 Å². The Labute approximate surface area is 362 Å². The van der Waals surface area contributed by atoms with Crippen molar-refractivity contribution in [2.24, 2.45) is 0 Å². The van der Waals surface area contributed by atoms with Gasteiger partial charge in [-0.3, -0.25) is 9.59 Å². The van der Waals surface area contributed by atoms with E-state index in [0.29, 0.717) is 74.5 Å². The van der Waals surface area contributed by atoms with E-state index in [4.69, 9.17) is 26.3 Å². The quantitative estimate of drug-likeness (QED) is 0.102. The number of fused-ring (bicyclic) bond motifs is 2. The number of rotatable bonds is 14. The lowest BCUT2D eigenvalue weighted by molar-refractivity contribution is 0.0944. The van der Waals surface area contributed by atoms with E-state index in [1.54, 1.807) is 61.4 Å². The number of carbonyl (C=O) groups is 2. The number of aromatic nitrogens is 8. The Morgan fingerprint density at radius 3 is 1.55 bits per heavy atom. The number of nitrogens with zero attached hydrogens (tertiary/aromatic N) is 8. The van der Waals surface area contributed by atoms with Crippen LogP contribution in [0.15, 0.2) is 165 Å². The fourth-order valence-electron chi connectivity index (χ4n) is 6.56. The topological polar surface area (TPSA) is 155 Å². The highest BCUT2D eigenvalue weighted by Crippen LogP contribution is 2.32. The van der Waals surface area contributed by atoms with Crippen molar-refractivity contribution in [3.63, 3.8) is 0 Å². The zero-order valence-corrected chi connectivity index (χ0v) is 34.3. The fraction of sp³-hybridized carbons (Fsp3) is 0.125. The van der Waals surface area contributed by atoms with Gasteiger partial charge in [0.05, 0.1) is 34.7 Å². The number of ether oxygens (including phenoxy) is 1. The van der Waals surface area contributed by atoms with Crippen molar-refractivity contribution >= 4 is 45.5 Å². The third kappa shape index (κ3) is 10.5. The number of amides is 2. The Morgan fingerprint density at radius 2 is 1.03 bits per heavy atom. The predicted molar refractivity (Wildman–Crippen MR) is 240 cm³/mol. The van der Waals surface area contributed by atoms with E-state index < -0.39 is 0 Å². The van der Waals surface area contributed by atoms with E-state index in [1.807, 2.05) is 113 Å². The van der Waals surface area contributed by atoms with Crippen LogP contribution in [0, 0.1) is 0 Å². The molecule has 13 nitrogen and oxygen atoms in total. The van der Waals surface area contributed by atoms with E-state index in [-0.39, 0.29) is 11.8 Å². The Bertz CT molecular complexity index is 2880. The lowest BCUT2D eigenvalue weighted by Crippen LogP contribution is -2.25. The molecule has 5 aromatic carbocycles. The molecule has 9 aromatic rings. The van der Waals surface area contributed by atoms with Crippen molar-refractivity contribution in [3.05, 3.63) is 181 Å². The fourth-order valence-corrected chi connectivity index (χ4v) is 6.80. The minimum absolute atomic E-state index is 0.134. The Balaban J connectivity index is 0.000000174. The molecule has 0 radical (unpaired) electrons. The first kappa shape index (κ1) is 41.0. The molecule has 9 rings (SSSR count). The molecule has 2 amide bonds. The largest absolute Gasteiger partial charge is 0.437 e. The van der Waals surface area contributed by atoms with Gasteiger partial charge in [0, 0.05) is 73.2 Å². The van der Waals surface area contributed by atoms with Gasteiger partial charge >= 0.3 is 0 Å². The SMILES string of the molecule is O=C(NCCCn1ccnc1)c1ccc2nc(Cl)c(-c3ccccc3)nc2c1.O=C(NCCCn1ccnc1)c1ccc2nc(Oc3ccccc3)c(-c3ccccc3)nc2c1. The van der Waals surface area contributed by atoms with E-state index in [2.05, 4.69) is 30.6 Å². The van der Waals surface area contributed by atoms with Gasteiger partial charge < -0.3 is 24.5 Å². The number of nitrogens with one attached hydrogen (secondary N) is 2. The van der Waals surface area contributed by atoms with Gasteiger partial charge in [-0.05, 0) is 61.4 Å². The summed E-state index contributed by atoms with van der Waals surface area (Å²) >= 11 is 6.31. The number of halogens is 1. The molecule has 14 heteroatoms. The van der Waals surface area contributed by atoms with Gasteiger partial charge in [-0.15, -0.1) is 0 Å². The highest BCUT2D eigenvalue weighted by Gasteiger charge is 2.16. The second-order valence-corrected chi connectivity index (χ2v) is 14.5. The number of benzene rings is 5. The molecule has 0 aliphatic carbocycles. The van der Waals surface area contributed by atoms with E-state index >= 15 is 0 Å². The van der Waals surface area contributed by atoms with Crippen LogP contribution < -0.4 is 15.4 Å². The zero-order chi connectivity index (χ0) is 42.5. The van der Waals surface area contributed by atoms with E-state index in [1.165, 1.54) is 0 Å². The molecule has 0 fully saturated rings. The summed E-state index contributed by atoms with van der Waals surface area (Å²) in [6, 6.07) is 39.5. The number of imidazole rings is 2. The molecule has 0 aliphatic rings. The third-order valence-corrected chi connectivity index (χ3v) is 9.97. The molecular formula is C48H41ClN10O3. The summed E-state index contributed by atoms with van der Waals surface area (Å²) in [5.41, 5.74) is 6.66. The summed E-state index contributed by atoms with van der Waals surface area (Å²) in [5.74, 6) is 0.826. The third-order valence-electron chi connectivity index (χ3n) is 9.71. The van der Waals surface area contributed by atoms with Crippen molar-refractivity contribution in [3.8, 4) is 34.1 Å². The second kappa shape index (κ2) is 20.0. The molecule has 0 spiro atoms. The number of para-hydroxylation sites is 1. The molecule has 2 N–H and O–H groups in total. The molecule has 308 valence electrons. The van der Waals surface area contributed by atoms with Crippen molar-refractivity contribution in [2.75, 3.05) is 13.1 Å². The molecule has 0 saturated carbocycles.